The fourth-order valence-electron chi connectivity index (χ4n) is 3.65. The van der Waals surface area contributed by atoms with E-state index in [2.05, 4.69) is 22.4 Å². The zero-order valence-electron chi connectivity index (χ0n) is 20.1. The van der Waals surface area contributed by atoms with Gasteiger partial charge < -0.3 is 25.5 Å². The van der Waals surface area contributed by atoms with Crippen LogP contribution in [0.25, 0.3) is 0 Å². The first-order valence-corrected chi connectivity index (χ1v) is 11.2. The summed E-state index contributed by atoms with van der Waals surface area (Å²) >= 11 is 4.58. The number of benzene rings is 2. The van der Waals surface area contributed by atoms with Crippen LogP contribution in [0.3, 0.4) is 0 Å². The summed E-state index contributed by atoms with van der Waals surface area (Å²) in [5.41, 5.74) is 0.458. The number of isothiocyanates is 1. The van der Waals surface area contributed by atoms with Crippen molar-refractivity contribution in [3.8, 4) is 5.75 Å². The number of hydrogen-bond acceptors (Lipinski definition) is 10. The van der Waals surface area contributed by atoms with Crippen LogP contribution in [0.2, 0.25) is 0 Å². The van der Waals surface area contributed by atoms with E-state index in [4.69, 9.17) is 20.4 Å². The molecule has 0 bridgehead atoms. The van der Waals surface area contributed by atoms with Crippen molar-refractivity contribution in [3.05, 3.63) is 58.7 Å². The van der Waals surface area contributed by atoms with Gasteiger partial charge in [0.15, 0.2) is 5.78 Å². The number of ketones is 1. The summed E-state index contributed by atoms with van der Waals surface area (Å²) in [6, 6.07) is 8.55. The Kier molecular flexibility index (Phi) is 13.9. The second kappa shape index (κ2) is 16.0. The van der Waals surface area contributed by atoms with Gasteiger partial charge in [-0.25, -0.2) is 0 Å². The Morgan fingerprint density at radius 2 is 1.18 bits per heavy atom. The molecule has 15 heteroatoms. The average molecular weight is 704 g/mol. The monoisotopic (exact) mass is 704 g/mol. The van der Waals surface area contributed by atoms with Crippen molar-refractivity contribution >= 4 is 52.7 Å². The van der Waals surface area contributed by atoms with Crippen LogP contribution in [0.4, 0.5) is 5.69 Å². The molecule has 0 aliphatic rings. The molecule has 0 spiro atoms. The Balaban J connectivity index is 0.00000760. The van der Waals surface area contributed by atoms with Gasteiger partial charge in [-0.05, 0) is 36.5 Å². The number of thiocarbonyl (C=S) groups is 1. The molecular formula is C24H23N3O10STb. The van der Waals surface area contributed by atoms with E-state index in [-0.39, 0.29) is 60.9 Å². The molecule has 0 heterocycles. The quantitative estimate of drug-likeness (QED) is 0.101. The number of carboxylic acids is 4. The molecule has 5 N–H and O–H groups in total. The number of aliphatic imine (C=N–C) groups is 1. The predicted molar refractivity (Wildman–Crippen MR) is 134 cm³/mol. The first kappa shape index (κ1) is 33.8. The van der Waals surface area contributed by atoms with Crippen LogP contribution in [0.15, 0.2) is 41.4 Å². The maximum absolute atomic E-state index is 13.3. The minimum Gasteiger partial charge on any atom is -0.507 e. The summed E-state index contributed by atoms with van der Waals surface area (Å²) < 4.78 is 0. The molecule has 2 aromatic rings. The van der Waals surface area contributed by atoms with Crippen LogP contribution in [-0.4, -0.2) is 96.3 Å². The van der Waals surface area contributed by atoms with Crippen molar-refractivity contribution in [2.75, 3.05) is 26.2 Å². The second-order valence-electron chi connectivity index (χ2n) is 8.09. The summed E-state index contributed by atoms with van der Waals surface area (Å²) in [5, 5.41) is 49.7. The number of carbonyl (C=O) groups excluding carboxylic acids is 1. The van der Waals surface area contributed by atoms with Gasteiger partial charge in [0.1, 0.15) is 5.75 Å². The standard InChI is InChI=1S/C24H23N3O10S.Tb/c28-19(29)9-26(10-20(30)31)7-16-4-15(23(36)14-2-1-3-18(6-14)25-13-38)5-17(24(16)37)8-27(11-21(32)33)12-22(34)35;/h1-6,37H,7-12H2,(H,28,29)(H,30,31)(H,32,33)(H,34,35);. The maximum atomic E-state index is 13.3. The molecule has 0 atom stereocenters. The SMILES string of the molecule is O=C(O)CN(CC(=O)O)Cc1cc(C(=O)c2cccc(N=C=S)c2)cc(CN(CC(=O)O)CC(=O)O)c1O.[Tb]. The fourth-order valence-corrected chi connectivity index (χ4v) is 3.76. The van der Waals surface area contributed by atoms with Crippen molar-refractivity contribution in [1.82, 2.24) is 9.80 Å². The number of carbonyl (C=O) groups is 5. The van der Waals surface area contributed by atoms with Crippen molar-refractivity contribution in [1.29, 1.82) is 0 Å². The van der Waals surface area contributed by atoms with Gasteiger partial charge in [0, 0.05) is 74.0 Å². The van der Waals surface area contributed by atoms with Crippen molar-refractivity contribution in [2.45, 2.75) is 13.1 Å². The molecule has 13 nitrogen and oxygen atoms in total. The van der Waals surface area contributed by atoms with E-state index in [1.807, 2.05) is 0 Å². The van der Waals surface area contributed by atoms with E-state index < -0.39 is 74.7 Å². The molecule has 39 heavy (non-hydrogen) atoms. The van der Waals surface area contributed by atoms with Crippen LogP contribution in [0, 0.1) is 38.6 Å². The van der Waals surface area contributed by atoms with Gasteiger partial charge in [0.2, 0.25) is 0 Å². The summed E-state index contributed by atoms with van der Waals surface area (Å²) in [4.78, 5) is 64.1. The van der Waals surface area contributed by atoms with Crippen LogP contribution >= 0.6 is 12.2 Å². The Morgan fingerprint density at radius 1 is 0.744 bits per heavy atom. The molecular weight excluding hydrogens is 681 g/mol. The summed E-state index contributed by atoms with van der Waals surface area (Å²) in [6.07, 6.45) is 0. The molecule has 2 rings (SSSR count). The summed E-state index contributed by atoms with van der Waals surface area (Å²) in [5.74, 6) is -6.35. The Bertz CT molecular complexity index is 1220. The molecule has 0 aliphatic heterocycles. The molecule has 0 fully saturated rings. The zero-order chi connectivity index (χ0) is 28.4. The molecule has 0 saturated carbocycles. The van der Waals surface area contributed by atoms with Gasteiger partial charge in [0.05, 0.1) is 37.0 Å². The average Bonchev–Trinajstić information content (AvgIpc) is 2.79. The van der Waals surface area contributed by atoms with Crippen molar-refractivity contribution in [2.24, 2.45) is 4.99 Å². The number of aliphatic carboxylic acids is 4. The topological polar surface area (TPSA) is 205 Å². The Labute approximate surface area is 257 Å². The predicted octanol–water partition coefficient (Wildman–Crippen LogP) is 1.30. The molecule has 0 unspecified atom stereocenters. The van der Waals surface area contributed by atoms with E-state index in [1.54, 1.807) is 12.1 Å². The third kappa shape index (κ3) is 11.2. The molecule has 0 saturated heterocycles. The van der Waals surface area contributed by atoms with E-state index in [0.29, 0.717) is 5.69 Å². The van der Waals surface area contributed by atoms with Gasteiger partial charge in [-0.1, -0.05) is 12.1 Å². The number of phenolic OH excluding ortho intramolecular Hbond substituents is 1. The summed E-state index contributed by atoms with van der Waals surface area (Å²) in [7, 11) is 0. The Hall–Kier alpha value is -3.20. The third-order valence-electron chi connectivity index (χ3n) is 5.04. The second-order valence-corrected chi connectivity index (χ2v) is 8.27. The van der Waals surface area contributed by atoms with Gasteiger partial charge in [-0.2, -0.15) is 4.99 Å². The number of hydrogen-bond donors (Lipinski definition) is 5. The third-order valence-corrected chi connectivity index (χ3v) is 5.13. The molecule has 0 aromatic heterocycles. The van der Waals surface area contributed by atoms with E-state index in [0.717, 1.165) is 9.80 Å². The number of carboxylic acid groups (broad SMARTS) is 4. The number of nitrogens with zero attached hydrogens (tertiary/aromatic N) is 3. The molecule has 0 aliphatic carbocycles. The van der Waals surface area contributed by atoms with Crippen LogP contribution in [0.5, 0.6) is 5.75 Å². The van der Waals surface area contributed by atoms with Crippen LogP contribution in [0.1, 0.15) is 27.0 Å². The normalized spacial score (nSPS) is 10.4. The zero-order valence-corrected chi connectivity index (χ0v) is 23.0. The largest absolute Gasteiger partial charge is 0.507 e. The first-order chi connectivity index (χ1) is 17.9. The molecule has 209 valence electrons. The molecule has 1 radical (unpaired) electrons. The number of phenols is 1. The van der Waals surface area contributed by atoms with E-state index in [1.165, 1.54) is 24.3 Å². The van der Waals surface area contributed by atoms with Crippen molar-refractivity contribution < 1.29 is 88.1 Å². The minimum absolute atomic E-state index is 0. The molecule has 2 aromatic carbocycles. The number of rotatable bonds is 15. The smallest absolute Gasteiger partial charge is 0.317 e. The first-order valence-electron chi connectivity index (χ1n) is 10.8. The van der Waals surface area contributed by atoms with Gasteiger partial charge >= 0.3 is 23.9 Å². The minimum atomic E-state index is -1.33. The van der Waals surface area contributed by atoms with E-state index in [9.17, 15) is 29.1 Å². The van der Waals surface area contributed by atoms with Crippen molar-refractivity contribution in [3.63, 3.8) is 0 Å². The van der Waals surface area contributed by atoms with Gasteiger partial charge in [-0.15, -0.1) is 0 Å². The van der Waals surface area contributed by atoms with Crippen LogP contribution in [-0.2, 0) is 32.3 Å². The van der Waals surface area contributed by atoms with E-state index >= 15 is 0 Å². The fraction of sp³-hybridized carbons (Fsp3) is 0.250. The van der Waals surface area contributed by atoms with Gasteiger partial charge in [0.25, 0.3) is 0 Å². The van der Waals surface area contributed by atoms with Crippen LogP contribution < -0.4 is 0 Å². The number of aromatic hydroxyl groups is 1. The Morgan fingerprint density at radius 3 is 1.56 bits per heavy atom. The molecule has 0 amide bonds. The maximum Gasteiger partial charge on any atom is 0.317 e. The van der Waals surface area contributed by atoms with Gasteiger partial charge in [-0.3, -0.25) is 33.8 Å². The summed E-state index contributed by atoms with van der Waals surface area (Å²) in [6.45, 7) is -3.57.